The molecule has 0 saturated heterocycles. The zero-order valence-electron chi connectivity index (χ0n) is 10.7. The maximum absolute atomic E-state index is 13.8. The molecule has 2 rings (SSSR count). The van der Waals surface area contributed by atoms with E-state index in [2.05, 4.69) is 15.9 Å². The van der Waals surface area contributed by atoms with E-state index in [0.717, 1.165) is 0 Å². The molecule has 2 aromatic rings. The molecule has 0 saturated carbocycles. The van der Waals surface area contributed by atoms with Crippen molar-refractivity contribution in [2.75, 3.05) is 7.11 Å². The topological polar surface area (TPSA) is 9.23 Å². The van der Waals surface area contributed by atoms with E-state index in [4.69, 9.17) is 16.3 Å². The number of ether oxygens (including phenoxy) is 1. The minimum atomic E-state index is -0.377. The van der Waals surface area contributed by atoms with Crippen LogP contribution in [-0.4, -0.2) is 7.11 Å². The quantitative estimate of drug-likeness (QED) is 0.671. The second kappa shape index (κ2) is 6.55. The number of benzene rings is 2. The summed E-state index contributed by atoms with van der Waals surface area (Å²) in [6.07, 6.45) is 0.297. The van der Waals surface area contributed by atoms with Gasteiger partial charge in [0.05, 0.1) is 7.11 Å². The van der Waals surface area contributed by atoms with E-state index in [9.17, 15) is 8.78 Å². The molecule has 5 heteroatoms. The van der Waals surface area contributed by atoms with Gasteiger partial charge in [-0.3, -0.25) is 0 Å². The summed E-state index contributed by atoms with van der Waals surface area (Å²) in [5, 5.41) is 0.352. The Morgan fingerprint density at radius 3 is 2.65 bits per heavy atom. The summed E-state index contributed by atoms with van der Waals surface area (Å²) in [5.74, 6) is -0.206. The fourth-order valence-corrected chi connectivity index (χ4v) is 2.89. The zero-order chi connectivity index (χ0) is 14.7. The van der Waals surface area contributed by atoms with Gasteiger partial charge in [-0.05, 0) is 36.8 Å². The minimum Gasteiger partial charge on any atom is -0.496 e. The molecule has 20 heavy (non-hydrogen) atoms. The van der Waals surface area contributed by atoms with Crippen LogP contribution in [0.25, 0.3) is 0 Å². The molecule has 0 bridgehead atoms. The molecule has 0 aliphatic heterocycles. The maximum Gasteiger partial charge on any atom is 0.127 e. The first-order chi connectivity index (χ1) is 9.52. The molecule has 0 amide bonds. The largest absolute Gasteiger partial charge is 0.496 e. The highest BCUT2D eigenvalue weighted by atomic mass is 79.9. The first kappa shape index (κ1) is 15.3. The van der Waals surface area contributed by atoms with Crippen molar-refractivity contribution in [1.29, 1.82) is 0 Å². The number of hydrogen-bond acceptors (Lipinski definition) is 1. The number of alkyl halides is 1. The predicted molar refractivity (Wildman–Crippen MR) is 79.7 cm³/mol. The molecule has 0 N–H and O–H groups in total. The van der Waals surface area contributed by atoms with Gasteiger partial charge in [-0.25, -0.2) is 8.78 Å². The van der Waals surface area contributed by atoms with Gasteiger partial charge >= 0.3 is 0 Å². The van der Waals surface area contributed by atoms with Crippen molar-refractivity contribution in [2.24, 2.45) is 0 Å². The molecule has 1 nitrogen and oxygen atoms in total. The normalized spacial score (nSPS) is 12.2. The molecule has 106 valence electrons. The molecule has 0 spiro atoms. The molecular weight excluding hydrogens is 350 g/mol. The van der Waals surface area contributed by atoms with Gasteiger partial charge in [-0.1, -0.05) is 33.6 Å². The Morgan fingerprint density at radius 2 is 2.00 bits per heavy atom. The first-order valence-corrected chi connectivity index (χ1v) is 7.22. The Kier molecular flexibility index (Phi) is 5.00. The van der Waals surface area contributed by atoms with Gasteiger partial charge in [-0.15, -0.1) is 0 Å². The SMILES string of the molecule is COc1ccc(F)cc1C(Br)Cc1c(F)cccc1Cl. The summed E-state index contributed by atoms with van der Waals surface area (Å²) >= 11 is 9.44. The van der Waals surface area contributed by atoms with E-state index < -0.39 is 0 Å². The highest BCUT2D eigenvalue weighted by molar-refractivity contribution is 9.09. The second-order valence-corrected chi connectivity index (χ2v) is 5.77. The molecular formula is C15H12BrClF2O. The van der Waals surface area contributed by atoms with Crippen molar-refractivity contribution in [3.8, 4) is 5.75 Å². The molecule has 0 aliphatic rings. The molecule has 0 heterocycles. The third-order valence-electron chi connectivity index (χ3n) is 2.97. The summed E-state index contributed by atoms with van der Waals surface area (Å²) in [6, 6.07) is 8.76. The molecule has 0 fully saturated rings. The lowest BCUT2D eigenvalue weighted by Gasteiger charge is -2.15. The van der Waals surface area contributed by atoms with E-state index in [0.29, 0.717) is 28.3 Å². The van der Waals surface area contributed by atoms with Crippen molar-refractivity contribution in [3.63, 3.8) is 0 Å². The van der Waals surface area contributed by atoms with Crippen LogP contribution in [0.2, 0.25) is 5.02 Å². The summed E-state index contributed by atoms with van der Waals surface area (Å²) in [7, 11) is 1.51. The Morgan fingerprint density at radius 1 is 1.25 bits per heavy atom. The van der Waals surface area contributed by atoms with E-state index in [1.54, 1.807) is 18.2 Å². The Bertz CT molecular complexity index is 599. The third kappa shape index (κ3) is 3.30. The van der Waals surface area contributed by atoms with Crippen LogP contribution in [0.1, 0.15) is 16.0 Å². The fourth-order valence-electron chi connectivity index (χ4n) is 1.97. The maximum atomic E-state index is 13.8. The standard InChI is InChI=1S/C15H12BrClF2O/c1-20-15-6-5-9(18)7-10(15)12(16)8-11-13(17)3-2-4-14(11)19/h2-7,12H,8H2,1H3. The molecule has 1 unspecified atom stereocenters. The number of halogens is 4. The minimum absolute atomic E-state index is 0.297. The first-order valence-electron chi connectivity index (χ1n) is 5.93. The molecule has 0 radical (unpaired) electrons. The molecule has 1 atom stereocenters. The van der Waals surface area contributed by atoms with Crippen LogP contribution >= 0.6 is 27.5 Å². The average Bonchev–Trinajstić information content (AvgIpc) is 2.43. The van der Waals surface area contributed by atoms with Crippen LogP contribution in [0.3, 0.4) is 0 Å². The average molecular weight is 362 g/mol. The molecule has 0 aliphatic carbocycles. The highest BCUT2D eigenvalue weighted by Crippen LogP contribution is 2.36. The van der Waals surface area contributed by atoms with Gasteiger partial charge in [0.25, 0.3) is 0 Å². The van der Waals surface area contributed by atoms with Crippen molar-refractivity contribution < 1.29 is 13.5 Å². The lowest BCUT2D eigenvalue weighted by molar-refractivity contribution is 0.408. The van der Waals surface area contributed by atoms with Gasteiger partial charge in [0, 0.05) is 21.0 Å². The summed E-state index contributed by atoms with van der Waals surface area (Å²) in [4.78, 5) is -0.303. The Balaban J connectivity index is 2.33. The summed E-state index contributed by atoms with van der Waals surface area (Å²) < 4.78 is 32.3. The van der Waals surface area contributed by atoms with Gasteiger partial charge < -0.3 is 4.74 Å². The van der Waals surface area contributed by atoms with Crippen LogP contribution in [0.4, 0.5) is 8.78 Å². The summed E-state index contributed by atoms with van der Waals surface area (Å²) in [6.45, 7) is 0. The predicted octanol–water partition coefficient (Wildman–Crippen LogP) is 5.31. The highest BCUT2D eigenvalue weighted by Gasteiger charge is 2.18. The van der Waals surface area contributed by atoms with E-state index in [1.165, 1.54) is 25.3 Å². The van der Waals surface area contributed by atoms with Crippen LogP contribution in [-0.2, 0) is 6.42 Å². The number of hydrogen-bond donors (Lipinski definition) is 0. The van der Waals surface area contributed by atoms with E-state index >= 15 is 0 Å². The van der Waals surface area contributed by atoms with E-state index in [1.807, 2.05) is 0 Å². The zero-order valence-corrected chi connectivity index (χ0v) is 13.0. The van der Waals surface area contributed by atoms with E-state index in [-0.39, 0.29) is 16.5 Å². The molecule has 2 aromatic carbocycles. The van der Waals surface area contributed by atoms with Crippen LogP contribution in [0.5, 0.6) is 5.75 Å². The van der Waals surface area contributed by atoms with Crippen molar-refractivity contribution in [2.45, 2.75) is 11.2 Å². The number of methoxy groups -OCH3 is 1. The Labute approximate surface area is 129 Å². The van der Waals surface area contributed by atoms with Crippen molar-refractivity contribution >= 4 is 27.5 Å². The van der Waals surface area contributed by atoms with Gasteiger partial charge in [0.2, 0.25) is 0 Å². The Hall–Kier alpha value is -1.13. The van der Waals surface area contributed by atoms with Gasteiger partial charge in [0.1, 0.15) is 17.4 Å². The monoisotopic (exact) mass is 360 g/mol. The molecule has 0 aromatic heterocycles. The van der Waals surface area contributed by atoms with Gasteiger partial charge in [-0.2, -0.15) is 0 Å². The van der Waals surface area contributed by atoms with Crippen molar-refractivity contribution in [1.82, 2.24) is 0 Å². The number of rotatable bonds is 4. The fraction of sp³-hybridized carbons (Fsp3) is 0.200. The smallest absolute Gasteiger partial charge is 0.127 e. The summed E-state index contributed by atoms with van der Waals surface area (Å²) in [5.41, 5.74) is 1.01. The van der Waals surface area contributed by atoms with Crippen LogP contribution < -0.4 is 4.74 Å². The second-order valence-electron chi connectivity index (χ2n) is 4.26. The van der Waals surface area contributed by atoms with Crippen molar-refractivity contribution in [3.05, 3.63) is 64.2 Å². The van der Waals surface area contributed by atoms with Crippen LogP contribution in [0, 0.1) is 11.6 Å². The van der Waals surface area contributed by atoms with Crippen LogP contribution in [0.15, 0.2) is 36.4 Å². The third-order valence-corrected chi connectivity index (χ3v) is 4.15. The lowest BCUT2D eigenvalue weighted by atomic mass is 10.0. The van der Waals surface area contributed by atoms with Gasteiger partial charge in [0.15, 0.2) is 0 Å². The lowest BCUT2D eigenvalue weighted by Crippen LogP contribution is -2.02.